The van der Waals surface area contributed by atoms with Crippen molar-refractivity contribution in [1.29, 1.82) is 0 Å². The molecule has 1 unspecified atom stereocenters. The standard InChI is InChI=1S/C11H18F3N3/c1-3-5-9(8-15-4-2)17-7-6-10(16-17)11(12,13)14/h6-7,9,15H,3-5,8H2,1-2H3. The van der Waals surface area contributed by atoms with Gasteiger partial charge in [0.1, 0.15) is 0 Å². The van der Waals surface area contributed by atoms with E-state index in [1.165, 1.54) is 10.9 Å². The van der Waals surface area contributed by atoms with Crippen LogP contribution in [0.15, 0.2) is 12.3 Å². The van der Waals surface area contributed by atoms with Gasteiger partial charge in [0.05, 0.1) is 6.04 Å². The van der Waals surface area contributed by atoms with Crippen molar-refractivity contribution in [2.45, 2.75) is 38.9 Å². The molecule has 17 heavy (non-hydrogen) atoms. The van der Waals surface area contributed by atoms with Crippen molar-refractivity contribution in [3.63, 3.8) is 0 Å². The first-order valence-electron chi connectivity index (χ1n) is 5.82. The van der Waals surface area contributed by atoms with E-state index in [-0.39, 0.29) is 6.04 Å². The van der Waals surface area contributed by atoms with Gasteiger partial charge in [0, 0.05) is 12.7 Å². The van der Waals surface area contributed by atoms with Crippen LogP contribution in [0.3, 0.4) is 0 Å². The lowest BCUT2D eigenvalue weighted by atomic mass is 10.2. The molecular formula is C11H18F3N3. The molecule has 0 aliphatic heterocycles. The molecule has 0 aliphatic rings. The number of nitrogens with zero attached hydrogens (tertiary/aromatic N) is 2. The highest BCUT2D eigenvalue weighted by Gasteiger charge is 2.34. The van der Waals surface area contributed by atoms with Crippen LogP contribution < -0.4 is 5.32 Å². The number of nitrogens with one attached hydrogen (secondary N) is 1. The molecule has 3 nitrogen and oxygen atoms in total. The monoisotopic (exact) mass is 249 g/mol. The molecular weight excluding hydrogens is 231 g/mol. The molecule has 0 saturated carbocycles. The molecule has 0 amide bonds. The first kappa shape index (κ1) is 14.0. The van der Waals surface area contributed by atoms with E-state index in [0.29, 0.717) is 6.54 Å². The van der Waals surface area contributed by atoms with E-state index < -0.39 is 11.9 Å². The van der Waals surface area contributed by atoms with Crippen molar-refractivity contribution in [2.24, 2.45) is 0 Å². The molecule has 1 N–H and O–H groups in total. The van der Waals surface area contributed by atoms with Crippen molar-refractivity contribution < 1.29 is 13.2 Å². The topological polar surface area (TPSA) is 29.9 Å². The Labute approximate surface area is 99.0 Å². The summed E-state index contributed by atoms with van der Waals surface area (Å²) in [6.07, 6.45) is -1.23. The second-order valence-corrected chi connectivity index (χ2v) is 3.93. The average molecular weight is 249 g/mol. The van der Waals surface area contributed by atoms with Gasteiger partial charge in [0.2, 0.25) is 0 Å². The SMILES string of the molecule is CCCC(CNCC)n1ccc(C(F)(F)F)n1. The van der Waals surface area contributed by atoms with Gasteiger partial charge in [0.15, 0.2) is 5.69 Å². The third kappa shape index (κ3) is 4.03. The van der Waals surface area contributed by atoms with Crippen molar-refractivity contribution >= 4 is 0 Å². The minimum absolute atomic E-state index is 0.0175. The smallest absolute Gasteiger partial charge is 0.315 e. The van der Waals surface area contributed by atoms with Gasteiger partial charge in [-0.15, -0.1) is 0 Å². The van der Waals surface area contributed by atoms with E-state index >= 15 is 0 Å². The largest absolute Gasteiger partial charge is 0.435 e. The summed E-state index contributed by atoms with van der Waals surface area (Å²) in [6, 6.07) is 1.00. The fraction of sp³-hybridized carbons (Fsp3) is 0.727. The number of alkyl halides is 3. The second-order valence-electron chi connectivity index (χ2n) is 3.93. The molecule has 98 valence electrons. The van der Waals surface area contributed by atoms with Crippen molar-refractivity contribution in [1.82, 2.24) is 15.1 Å². The second kappa shape index (κ2) is 6.05. The predicted octanol–water partition coefficient (Wildman–Crippen LogP) is 2.85. The van der Waals surface area contributed by atoms with Gasteiger partial charge in [0.25, 0.3) is 0 Å². The highest BCUT2D eigenvalue weighted by molar-refractivity contribution is 5.04. The van der Waals surface area contributed by atoms with E-state index in [4.69, 9.17) is 0 Å². The Balaban J connectivity index is 2.76. The predicted molar refractivity (Wildman–Crippen MR) is 59.7 cm³/mol. The average Bonchev–Trinajstić information content (AvgIpc) is 2.72. The van der Waals surface area contributed by atoms with Crippen molar-refractivity contribution in [3.05, 3.63) is 18.0 Å². The maximum absolute atomic E-state index is 12.4. The number of aromatic nitrogens is 2. The van der Waals surface area contributed by atoms with Crippen LogP contribution in [0.4, 0.5) is 13.2 Å². The number of hydrogen-bond acceptors (Lipinski definition) is 2. The van der Waals surface area contributed by atoms with Crippen molar-refractivity contribution in [2.75, 3.05) is 13.1 Å². The van der Waals surface area contributed by atoms with Gasteiger partial charge >= 0.3 is 6.18 Å². The Morgan fingerprint density at radius 2 is 2.12 bits per heavy atom. The summed E-state index contributed by atoms with van der Waals surface area (Å²) in [7, 11) is 0. The molecule has 1 heterocycles. The highest BCUT2D eigenvalue weighted by atomic mass is 19.4. The summed E-state index contributed by atoms with van der Waals surface area (Å²) < 4.78 is 38.6. The minimum atomic E-state index is -4.36. The first-order chi connectivity index (χ1) is 7.99. The van der Waals surface area contributed by atoms with Crippen LogP contribution in [-0.4, -0.2) is 22.9 Å². The maximum atomic E-state index is 12.4. The van der Waals surface area contributed by atoms with Crippen LogP contribution in [0, 0.1) is 0 Å². The summed E-state index contributed by atoms with van der Waals surface area (Å²) in [5.74, 6) is 0. The van der Waals surface area contributed by atoms with Gasteiger partial charge in [-0.3, -0.25) is 4.68 Å². The molecule has 0 aliphatic carbocycles. The summed E-state index contributed by atoms with van der Waals surface area (Å²) in [5.41, 5.74) is -0.824. The molecule has 1 aromatic heterocycles. The van der Waals surface area contributed by atoms with Gasteiger partial charge < -0.3 is 5.32 Å². The van der Waals surface area contributed by atoms with Crippen LogP contribution in [0.2, 0.25) is 0 Å². The van der Waals surface area contributed by atoms with Crippen LogP contribution >= 0.6 is 0 Å². The zero-order valence-corrected chi connectivity index (χ0v) is 10.1. The van der Waals surface area contributed by atoms with E-state index in [9.17, 15) is 13.2 Å². The lowest BCUT2D eigenvalue weighted by Crippen LogP contribution is -2.26. The van der Waals surface area contributed by atoms with Crippen LogP contribution in [0.1, 0.15) is 38.4 Å². The van der Waals surface area contributed by atoms with Crippen LogP contribution in [0.5, 0.6) is 0 Å². The van der Waals surface area contributed by atoms with Gasteiger partial charge in [-0.25, -0.2) is 0 Å². The summed E-state index contributed by atoms with van der Waals surface area (Å²) in [5, 5.41) is 6.74. The Kier molecular flexibility index (Phi) is 4.99. The number of likely N-dealkylation sites (N-methyl/N-ethyl adjacent to an activating group) is 1. The Morgan fingerprint density at radius 1 is 1.41 bits per heavy atom. The lowest BCUT2D eigenvalue weighted by molar-refractivity contribution is -0.141. The normalized spacial score (nSPS) is 13.9. The Morgan fingerprint density at radius 3 is 2.59 bits per heavy atom. The summed E-state index contributed by atoms with van der Waals surface area (Å²) >= 11 is 0. The zero-order valence-electron chi connectivity index (χ0n) is 10.1. The first-order valence-corrected chi connectivity index (χ1v) is 5.82. The highest BCUT2D eigenvalue weighted by Crippen LogP contribution is 2.28. The van der Waals surface area contributed by atoms with Gasteiger partial charge in [-0.1, -0.05) is 20.3 Å². The Hall–Kier alpha value is -1.04. The molecule has 1 aromatic rings. The third-order valence-electron chi connectivity index (χ3n) is 2.52. The maximum Gasteiger partial charge on any atom is 0.435 e. The molecule has 1 atom stereocenters. The summed E-state index contributed by atoms with van der Waals surface area (Å²) in [6.45, 7) is 5.41. The van der Waals surface area contributed by atoms with E-state index in [1.54, 1.807) is 0 Å². The minimum Gasteiger partial charge on any atom is -0.315 e. The lowest BCUT2D eigenvalue weighted by Gasteiger charge is -2.17. The quantitative estimate of drug-likeness (QED) is 0.840. The van der Waals surface area contributed by atoms with E-state index in [0.717, 1.165) is 25.5 Å². The van der Waals surface area contributed by atoms with Gasteiger partial charge in [-0.05, 0) is 19.0 Å². The number of rotatable bonds is 6. The molecule has 1 rings (SSSR count). The third-order valence-corrected chi connectivity index (χ3v) is 2.52. The summed E-state index contributed by atoms with van der Waals surface area (Å²) in [4.78, 5) is 0. The molecule has 6 heteroatoms. The molecule has 0 fully saturated rings. The fourth-order valence-electron chi connectivity index (χ4n) is 1.66. The number of halogens is 3. The van der Waals surface area contributed by atoms with E-state index in [2.05, 4.69) is 10.4 Å². The van der Waals surface area contributed by atoms with Gasteiger partial charge in [-0.2, -0.15) is 18.3 Å². The fourth-order valence-corrected chi connectivity index (χ4v) is 1.66. The van der Waals surface area contributed by atoms with Crippen LogP contribution in [0.25, 0.3) is 0 Å². The molecule has 0 aromatic carbocycles. The Bertz CT molecular complexity index is 333. The molecule has 0 bridgehead atoms. The van der Waals surface area contributed by atoms with E-state index in [1.807, 2.05) is 13.8 Å². The molecule has 0 spiro atoms. The molecule has 0 radical (unpaired) electrons. The molecule has 0 saturated heterocycles. The van der Waals surface area contributed by atoms with Crippen molar-refractivity contribution in [3.8, 4) is 0 Å². The van der Waals surface area contributed by atoms with Crippen LogP contribution in [-0.2, 0) is 6.18 Å². The number of hydrogen-bond donors (Lipinski definition) is 1. The zero-order chi connectivity index (χ0) is 12.9.